The fraction of sp³-hybridized carbons (Fsp3) is 0.118. The van der Waals surface area contributed by atoms with E-state index in [9.17, 15) is 4.39 Å². The predicted octanol–water partition coefficient (Wildman–Crippen LogP) is 3.77. The van der Waals surface area contributed by atoms with E-state index in [1.165, 1.54) is 6.07 Å². The van der Waals surface area contributed by atoms with E-state index in [-0.39, 0.29) is 5.82 Å². The van der Waals surface area contributed by atoms with E-state index < -0.39 is 0 Å². The van der Waals surface area contributed by atoms with Crippen LogP contribution in [0.15, 0.2) is 48.7 Å². The van der Waals surface area contributed by atoms with Crippen LogP contribution < -0.4 is 5.73 Å². The van der Waals surface area contributed by atoms with Crippen LogP contribution >= 0.6 is 12.2 Å². The molecule has 0 amide bonds. The van der Waals surface area contributed by atoms with Crippen molar-refractivity contribution >= 4 is 28.1 Å². The number of nitrogens with two attached hydrogens (primary N) is 1. The fourth-order valence-electron chi connectivity index (χ4n) is 2.57. The van der Waals surface area contributed by atoms with Gasteiger partial charge in [-0.2, -0.15) is 0 Å². The second-order valence-electron chi connectivity index (χ2n) is 5.12. The lowest BCUT2D eigenvalue weighted by atomic mass is 10.1. The molecule has 0 bridgehead atoms. The fourth-order valence-corrected chi connectivity index (χ4v) is 2.75. The van der Waals surface area contributed by atoms with Gasteiger partial charge in [-0.15, -0.1) is 0 Å². The van der Waals surface area contributed by atoms with Gasteiger partial charge in [0.15, 0.2) is 0 Å². The molecule has 2 nitrogen and oxygen atoms in total. The number of hydrogen-bond donors (Lipinski definition) is 1. The van der Waals surface area contributed by atoms with Gasteiger partial charge in [-0.05, 0) is 42.3 Å². The summed E-state index contributed by atoms with van der Waals surface area (Å²) >= 11 is 5.09. The average molecular weight is 298 g/mol. The van der Waals surface area contributed by atoms with Gasteiger partial charge in [0.2, 0.25) is 0 Å². The van der Waals surface area contributed by atoms with Gasteiger partial charge in [0.05, 0.1) is 0 Å². The summed E-state index contributed by atoms with van der Waals surface area (Å²) in [6.45, 7) is 2.61. The Balaban J connectivity index is 2.08. The minimum absolute atomic E-state index is 0.212. The van der Waals surface area contributed by atoms with Gasteiger partial charge in [-0.3, -0.25) is 0 Å². The molecule has 0 atom stereocenters. The molecule has 2 N–H and O–H groups in total. The maximum Gasteiger partial charge on any atom is 0.123 e. The quantitative estimate of drug-likeness (QED) is 0.746. The van der Waals surface area contributed by atoms with Gasteiger partial charge in [0.1, 0.15) is 10.8 Å². The van der Waals surface area contributed by atoms with Crippen molar-refractivity contribution in [1.29, 1.82) is 0 Å². The first-order chi connectivity index (χ1) is 10.1. The summed E-state index contributed by atoms with van der Waals surface area (Å²) in [5, 5.41) is 1.03. The molecule has 21 heavy (non-hydrogen) atoms. The molecule has 0 unspecified atom stereocenters. The number of nitrogens with zero attached hydrogens (tertiary/aromatic N) is 1. The third-order valence-corrected chi connectivity index (χ3v) is 3.95. The molecule has 0 aliphatic heterocycles. The van der Waals surface area contributed by atoms with Crippen LogP contribution in [0, 0.1) is 12.7 Å². The van der Waals surface area contributed by atoms with Crippen LogP contribution in [-0.4, -0.2) is 9.56 Å². The first kappa shape index (κ1) is 13.8. The van der Waals surface area contributed by atoms with Crippen molar-refractivity contribution in [1.82, 2.24) is 4.57 Å². The molecule has 3 rings (SSSR count). The zero-order chi connectivity index (χ0) is 15.0. The topological polar surface area (TPSA) is 30.9 Å². The molecule has 0 aliphatic carbocycles. The largest absolute Gasteiger partial charge is 0.389 e. The van der Waals surface area contributed by atoms with Crippen molar-refractivity contribution in [3.63, 3.8) is 0 Å². The van der Waals surface area contributed by atoms with Crippen LogP contribution in [-0.2, 0) is 6.54 Å². The predicted molar refractivity (Wildman–Crippen MR) is 88.1 cm³/mol. The Bertz CT molecular complexity index is 836. The standard InChI is InChI=1S/C17H15FN2S/c1-11-5-6-13(18)9-12(11)10-20-8-7-14-15(17(19)21)3-2-4-16(14)20/h2-9H,10H2,1H3,(H2,19,21). The third kappa shape index (κ3) is 2.54. The van der Waals surface area contributed by atoms with Crippen molar-refractivity contribution in [2.75, 3.05) is 0 Å². The van der Waals surface area contributed by atoms with E-state index in [1.807, 2.05) is 37.4 Å². The SMILES string of the molecule is Cc1ccc(F)cc1Cn1ccc2c(C(N)=S)cccc21. The highest BCUT2D eigenvalue weighted by Crippen LogP contribution is 2.22. The number of rotatable bonds is 3. The van der Waals surface area contributed by atoms with Gasteiger partial charge in [0, 0.05) is 29.2 Å². The molecule has 0 saturated carbocycles. The molecule has 4 heteroatoms. The van der Waals surface area contributed by atoms with Gasteiger partial charge in [-0.25, -0.2) is 4.39 Å². The number of fused-ring (bicyclic) bond motifs is 1. The van der Waals surface area contributed by atoms with Crippen LogP contribution in [0.2, 0.25) is 0 Å². The summed E-state index contributed by atoms with van der Waals surface area (Å²) in [7, 11) is 0. The van der Waals surface area contributed by atoms with Gasteiger partial charge in [0.25, 0.3) is 0 Å². The Kier molecular flexibility index (Phi) is 3.47. The summed E-state index contributed by atoms with van der Waals surface area (Å²) in [6, 6.07) is 12.7. The smallest absolute Gasteiger partial charge is 0.123 e. The third-order valence-electron chi connectivity index (χ3n) is 3.73. The summed E-state index contributed by atoms with van der Waals surface area (Å²) < 4.78 is 15.5. The lowest BCUT2D eigenvalue weighted by Crippen LogP contribution is -2.09. The Labute approximate surface area is 128 Å². The van der Waals surface area contributed by atoms with E-state index in [2.05, 4.69) is 4.57 Å². The monoisotopic (exact) mass is 298 g/mol. The van der Waals surface area contributed by atoms with Crippen molar-refractivity contribution in [2.45, 2.75) is 13.5 Å². The highest BCUT2D eigenvalue weighted by atomic mass is 32.1. The number of hydrogen-bond acceptors (Lipinski definition) is 1. The summed E-state index contributed by atoms with van der Waals surface area (Å²) in [4.78, 5) is 0.389. The molecule has 3 aromatic rings. The average Bonchev–Trinajstić information content (AvgIpc) is 2.86. The van der Waals surface area contributed by atoms with Crippen LogP contribution in [0.3, 0.4) is 0 Å². The number of aromatic nitrogens is 1. The van der Waals surface area contributed by atoms with E-state index in [0.29, 0.717) is 11.5 Å². The molecule has 1 heterocycles. The molecule has 1 aromatic heterocycles. The Morgan fingerprint density at radius 1 is 1.24 bits per heavy atom. The molecule has 0 spiro atoms. The highest BCUT2D eigenvalue weighted by molar-refractivity contribution is 7.80. The molecule has 0 fully saturated rings. The van der Waals surface area contributed by atoms with Crippen molar-refractivity contribution in [2.24, 2.45) is 5.73 Å². The van der Waals surface area contributed by atoms with Crippen molar-refractivity contribution in [3.8, 4) is 0 Å². The Morgan fingerprint density at radius 3 is 2.81 bits per heavy atom. The van der Waals surface area contributed by atoms with E-state index >= 15 is 0 Å². The summed E-state index contributed by atoms with van der Waals surface area (Å²) in [5.74, 6) is -0.212. The highest BCUT2D eigenvalue weighted by Gasteiger charge is 2.09. The maximum atomic E-state index is 13.4. The van der Waals surface area contributed by atoms with Crippen LogP contribution in [0.4, 0.5) is 4.39 Å². The molecule has 2 aromatic carbocycles. The number of aryl methyl sites for hydroxylation is 1. The molecule has 0 radical (unpaired) electrons. The van der Waals surface area contributed by atoms with Crippen molar-refractivity contribution in [3.05, 3.63) is 71.2 Å². The minimum Gasteiger partial charge on any atom is -0.389 e. The molecule has 106 valence electrons. The minimum atomic E-state index is -0.212. The second kappa shape index (κ2) is 5.30. The van der Waals surface area contributed by atoms with Crippen molar-refractivity contribution < 1.29 is 4.39 Å². The molecule has 0 aliphatic rings. The maximum absolute atomic E-state index is 13.4. The first-order valence-corrected chi connectivity index (χ1v) is 7.10. The van der Waals surface area contributed by atoms with Crippen LogP contribution in [0.5, 0.6) is 0 Å². The summed E-state index contributed by atoms with van der Waals surface area (Å²) in [6.07, 6.45) is 1.98. The second-order valence-corrected chi connectivity index (χ2v) is 5.56. The van der Waals surface area contributed by atoms with Gasteiger partial charge in [-0.1, -0.05) is 30.4 Å². The lowest BCUT2D eigenvalue weighted by Gasteiger charge is -2.09. The molecule has 0 saturated heterocycles. The number of thiocarbonyl (C=S) groups is 1. The molecular formula is C17H15FN2S. The first-order valence-electron chi connectivity index (χ1n) is 6.69. The molecular weight excluding hydrogens is 283 g/mol. The Hall–Kier alpha value is -2.20. The van der Waals surface area contributed by atoms with Crippen LogP contribution in [0.1, 0.15) is 16.7 Å². The number of benzene rings is 2. The van der Waals surface area contributed by atoms with E-state index in [1.54, 1.807) is 12.1 Å². The summed E-state index contributed by atoms with van der Waals surface area (Å²) in [5.41, 5.74) is 9.71. The lowest BCUT2D eigenvalue weighted by molar-refractivity contribution is 0.623. The van der Waals surface area contributed by atoms with Gasteiger partial charge < -0.3 is 10.3 Å². The van der Waals surface area contributed by atoms with E-state index in [4.69, 9.17) is 18.0 Å². The number of halogens is 1. The zero-order valence-electron chi connectivity index (χ0n) is 11.6. The zero-order valence-corrected chi connectivity index (χ0v) is 12.5. The normalized spacial score (nSPS) is 11.0. The van der Waals surface area contributed by atoms with Crippen LogP contribution in [0.25, 0.3) is 10.9 Å². The Morgan fingerprint density at radius 2 is 2.05 bits per heavy atom. The van der Waals surface area contributed by atoms with Gasteiger partial charge >= 0.3 is 0 Å². The van der Waals surface area contributed by atoms with E-state index in [0.717, 1.165) is 27.6 Å².